The summed E-state index contributed by atoms with van der Waals surface area (Å²) < 4.78 is 20.5. The third kappa shape index (κ3) is 4.21. The number of alkyl halides is 1. The summed E-state index contributed by atoms with van der Waals surface area (Å²) in [4.78, 5) is 24.4. The van der Waals surface area contributed by atoms with Crippen LogP contribution < -0.4 is 0 Å². The van der Waals surface area contributed by atoms with Crippen molar-refractivity contribution in [2.45, 2.75) is 25.4 Å². The Morgan fingerprint density at radius 3 is 2.16 bits per heavy atom. The number of carbonyl (C=O) groups is 2. The third-order valence-corrected chi connectivity index (χ3v) is 3.95. The molecule has 130 valence electrons. The van der Waals surface area contributed by atoms with Gasteiger partial charge in [0.15, 0.2) is 5.78 Å². The number of allylic oxidation sites excluding steroid dienone is 1. The third-order valence-electron chi connectivity index (χ3n) is 3.95. The quantitative estimate of drug-likeness (QED) is 0.556. The van der Waals surface area contributed by atoms with E-state index in [0.717, 1.165) is 12.5 Å². The molecule has 0 radical (unpaired) electrons. The maximum absolute atomic E-state index is 15.7. The van der Waals surface area contributed by atoms with Crippen molar-refractivity contribution in [1.29, 1.82) is 0 Å². The van der Waals surface area contributed by atoms with Gasteiger partial charge in [0.2, 0.25) is 0 Å². The standard InChI is InChI=1S/C21H21FO3/c1-3-25-20(24)21(22,16(2)23)19(18-12-8-5-9-13-18)15-14-17-10-6-4-7-11-17/h4-15,19H,3H2,1-2H3/b15-14+. The molecule has 0 bridgehead atoms. The minimum absolute atomic E-state index is 0.00168. The number of ketones is 1. The number of hydrogen-bond donors (Lipinski definition) is 0. The normalized spacial score (nSPS) is 14.7. The first-order chi connectivity index (χ1) is 12.0. The molecular formula is C21H21FO3. The molecule has 0 aliphatic heterocycles. The number of Topliss-reactive ketones (excluding diaryl/α,β-unsaturated/α-hetero) is 1. The van der Waals surface area contributed by atoms with Crippen molar-refractivity contribution in [1.82, 2.24) is 0 Å². The van der Waals surface area contributed by atoms with Crippen LogP contribution in [0.25, 0.3) is 6.08 Å². The number of benzene rings is 2. The monoisotopic (exact) mass is 340 g/mol. The molecule has 2 rings (SSSR count). The van der Waals surface area contributed by atoms with Crippen molar-refractivity contribution in [2.24, 2.45) is 0 Å². The van der Waals surface area contributed by atoms with E-state index in [-0.39, 0.29) is 6.61 Å². The van der Waals surface area contributed by atoms with Crippen LogP contribution >= 0.6 is 0 Å². The minimum Gasteiger partial charge on any atom is -0.463 e. The van der Waals surface area contributed by atoms with Gasteiger partial charge in [-0.15, -0.1) is 0 Å². The molecule has 2 unspecified atom stereocenters. The van der Waals surface area contributed by atoms with Crippen molar-refractivity contribution < 1.29 is 18.7 Å². The van der Waals surface area contributed by atoms with Crippen LogP contribution in [0.3, 0.4) is 0 Å². The predicted octanol–water partition coefficient (Wildman–Crippen LogP) is 4.34. The van der Waals surface area contributed by atoms with Crippen molar-refractivity contribution in [2.75, 3.05) is 6.61 Å². The lowest BCUT2D eigenvalue weighted by Crippen LogP contribution is -2.47. The summed E-state index contributed by atoms with van der Waals surface area (Å²) in [7, 11) is 0. The van der Waals surface area contributed by atoms with Gasteiger partial charge in [-0.3, -0.25) is 4.79 Å². The molecule has 2 aromatic carbocycles. The Bertz CT molecular complexity index is 740. The number of rotatable bonds is 7. The lowest BCUT2D eigenvalue weighted by Gasteiger charge is -2.28. The van der Waals surface area contributed by atoms with E-state index in [1.165, 1.54) is 0 Å². The summed E-state index contributed by atoms with van der Waals surface area (Å²) in [5.74, 6) is -3.11. The van der Waals surface area contributed by atoms with Gasteiger partial charge < -0.3 is 4.74 Å². The molecule has 3 nitrogen and oxygen atoms in total. The molecule has 0 saturated carbocycles. The maximum atomic E-state index is 15.7. The van der Waals surface area contributed by atoms with E-state index in [1.54, 1.807) is 49.4 Å². The summed E-state index contributed by atoms with van der Waals surface area (Å²) in [6, 6.07) is 18.0. The molecule has 0 saturated heterocycles. The molecule has 0 amide bonds. The second-order valence-electron chi connectivity index (χ2n) is 5.65. The number of hydrogen-bond acceptors (Lipinski definition) is 3. The largest absolute Gasteiger partial charge is 0.463 e. The Hall–Kier alpha value is -2.75. The van der Waals surface area contributed by atoms with Crippen LogP contribution in [-0.4, -0.2) is 24.0 Å². The average Bonchev–Trinajstić information content (AvgIpc) is 2.63. The van der Waals surface area contributed by atoms with E-state index in [1.807, 2.05) is 30.3 Å². The van der Waals surface area contributed by atoms with Crippen molar-refractivity contribution in [3.8, 4) is 0 Å². The molecule has 0 aromatic heterocycles. The number of halogens is 1. The average molecular weight is 340 g/mol. The first kappa shape index (κ1) is 18.6. The molecule has 2 aromatic rings. The summed E-state index contributed by atoms with van der Waals surface area (Å²) in [5, 5.41) is 0. The van der Waals surface area contributed by atoms with Crippen molar-refractivity contribution >= 4 is 17.8 Å². The van der Waals surface area contributed by atoms with Crippen LogP contribution in [0.1, 0.15) is 30.9 Å². The summed E-state index contributed by atoms with van der Waals surface area (Å²) >= 11 is 0. The fraction of sp³-hybridized carbons (Fsp3) is 0.238. The molecule has 0 N–H and O–H groups in total. The van der Waals surface area contributed by atoms with Gasteiger partial charge in [-0.05, 0) is 25.0 Å². The predicted molar refractivity (Wildman–Crippen MR) is 95.8 cm³/mol. The zero-order valence-corrected chi connectivity index (χ0v) is 14.3. The van der Waals surface area contributed by atoms with E-state index < -0.39 is 23.3 Å². The minimum atomic E-state index is -2.78. The lowest BCUT2D eigenvalue weighted by molar-refractivity contribution is -0.162. The highest BCUT2D eigenvalue weighted by Crippen LogP contribution is 2.36. The molecule has 0 heterocycles. The second-order valence-corrected chi connectivity index (χ2v) is 5.65. The van der Waals surface area contributed by atoms with E-state index in [2.05, 4.69) is 0 Å². The van der Waals surface area contributed by atoms with Gasteiger partial charge in [0.05, 0.1) is 12.5 Å². The summed E-state index contributed by atoms with van der Waals surface area (Å²) in [5.41, 5.74) is -1.40. The van der Waals surface area contributed by atoms with Gasteiger partial charge in [-0.1, -0.05) is 72.8 Å². The molecule has 0 spiro atoms. The highest BCUT2D eigenvalue weighted by Gasteiger charge is 2.52. The zero-order valence-electron chi connectivity index (χ0n) is 14.3. The molecule has 25 heavy (non-hydrogen) atoms. The van der Waals surface area contributed by atoms with E-state index in [4.69, 9.17) is 4.74 Å². The van der Waals surface area contributed by atoms with Crippen LogP contribution in [0.2, 0.25) is 0 Å². The fourth-order valence-corrected chi connectivity index (χ4v) is 2.63. The smallest absolute Gasteiger partial charge is 0.352 e. The van der Waals surface area contributed by atoms with Gasteiger partial charge >= 0.3 is 5.97 Å². The van der Waals surface area contributed by atoms with Crippen LogP contribution in [0.15, 0.2) is 66.7 Å². The number of carbonyl (C=O) groups excluding carboxylic acids is 2. The first-order valence-electron chi connectivity index (χ1n) is 8.15. The first-order valence-corrected chi connectivity index (χ1v) is 8.15. The van der Waals surface area contributed by atoms with E-state index >= 15 is 4.39 Å². The van der Waals surface area contributed by atoms with Gasteiger partial charge in [0.25, 0.3) is 5.67 Å². The van der Waals surface area contributed by atoms with Gasteiger partial charge in [-0.25, -0.2) is 9.18 Å². The molecule has 0 aliphatic carbocycles. The lowest BCUT2D eigenvalue weighted by atomic mass is 9.80. The Morgan fingerprint density at radius 2 is 1.64 bits per heavy atom. The number of esters is 1. The highest BCUT2D eigenvalue weighted by molar-refractivity contribution is 6.07. The number of ether oxygens (including phenoxy) is 1. The Labute approximate surface area is 147 Å². The van der Waals surface area contributed by atoms with Gasteiger partial charge in [0.1, 0.15) is 0 Å². The van der Waals surface area contributed by atoms with Crippen LogP contribution in [0.5, 0.6) is 0 Å². The van der Waals surface area contributed by atoms with Gasteiger partial charge in [-0.2, -0.15) is 0 Å². The van der Waals surface area contributed by atoms with Crippen molar-refractivity contribution in [3.05, 3.63) is 77.9 Å². The SMILES string of the molecule is CCOC(=O)C(F)(C(C)=O)C(/C=C/c1ccccc1)c1ccccc1. The Balaban J connectivity index is 2.51. The fourth-order valence-electron chi connectivity index (χ4n) is 2.63. The van der Waals surface area contributed by atoms with Crippen LogP contribution in [0.4, 0.5) is 4.39 Å². The molecule has 2 atom stereocenters. The highest BCUT2D eigenvalue weighted by atomic mass is 19.1. The maximum Gasteiger partial charge on any atom is 0.352 e. The molecular weight excluding hydrogens is 319 g/mol. The van der Waals surface area contributed by atoms with Gasteiger partial charge in [0, 0.05) is 0 Å². The van der Waals surface area contributed by atoms with Crippen LogP contribution in [-0.2, 0) is 14.3 Å². The van der Waals surface area contributed by atoms with E-state index in [9.17, 15) is 9.59 Å². The Morgan fingerprint density at radius 1 is 1.08 bits per heavy atom. The summed E-state index contributed by atoms with van der Waals surface area (Å²) in [6.45, 7) is 2.65. The molecule has 0 fully saturated rings. The van der Waals surface area contributed by atoms with Crippen molar-refractivity contribution in [3.63, 3.8) is 0 Å². The summed E-state index contributed by atoms with van der Waals surface area (Å²) in [6.07, 6.45) is 3.25. The Kier molecular flexibility index (Phi) is 6.23. The molecule has 4 heteroatoms. The molecule has 0 aliphatic rings. The topological polar surface area (TPSA) is 43.4 Å². The van der Waals surface area contributed by atoms with Crippen LogP contribution in [0, 0.1) is 0 Å². The van der Waals surface area contributed by atoms with E-state index in [0.29, 0.717) is 5.56 Å². The zero-order chi connectivity index (χ0) is 18.3. The second kappa shape index (κ2) is 8.38.